The van der Waals surface area contributed by atoms with Gasteiger partial charge in [-0.3, -0.25) is 0 Å². The zero-order valence-electron chi connectivity index (χ0n) is 28.1. The summed E-state index contributed by atoms with van der Waals surface area (Å²) in [6.07, 6.45) is 0. The average Bonchev–Trinajstić information content (AvgIpc) is 3.21. The lowest BCUT2D eigenvalue weighted by molar-refractivity contribution is 0.380. The molecule has 2 nitrogen and oxygen atoms in total. The number of nitrogens with zero attached hydrogens (tertiary/aromatic N) is 2. The Kier molecular flexibility index (Phi) is 8.63. The molecule has 274 valence electrons. The van der Waals surface area contributed by atoms with Crippen LogP contribution in [0.15, 0.2) is 115 Å². The van der Waals surface area contributed by atoms with Crippen LogP contribution in [0, 0.1) is 65.1 Å². The van der Waals surface area contributed by atoms with Gasteiger partial charge in [-0.2, -0.15) is 0 Å². The van der Waals surface area contributed by atoms with E-state index in [0.717, 1.165) is 9.80 Å². The molecule has 0 atom stereocenters. The molecule has 0 aliphatic rings. The van der Waals surface area contributed by atoms with E-state index in [1.807, 2.05) is 0 Å². The molecule has 8 rings (SSSR count). The first-order chi connectivity index (χ1) is 26.4. The maximum Gasteiger partial charge on any atom is 0.200 e. The van der Waals surface area contributed by atoms with Gasteiger partial charge in [0.25, 0.3) is 0 Å². The average molecular weight is 757 g/mol. The van der Waals surface area contributed by atoms with Crippen LogP contribution in [0.3, 0.4) is 0 Å². The van der Waals surface area contributed by atoms with Gasteiger partial charge in [-0.05, 0) is 70.9 Å². The molecule has 0 fully saturated rings. The predicted octanol–water partition coefficient (Wildman–Crippen LogP) is 13.8. The number of aryl methyl sites for hydroxylation is 1. The Bertz CT molecular complexity index is 2790. The Morgan fingerprint density at radius 2 is 0.655 bits per heavy atom. The van der Waals surface area contributed by atoms with Crippen molar-refractivity contribution >= 4 is 66.4 Å². The van der Waals surface area contributed by atoms with Crippen molar-refractivity contribution < 1.29 is 43.9 Å². The molecule has 0 aliphatic heterocycles. The van der Waals surface area contributed by atoms with E-state index in [-0.39, 0.29) is 33.5 Å². The van der Waals surface area contributed by atoms with Crippen molar-refractivity contribution in [1.82, 2.24) is 0 Å². The molecule has 0 amide bonds. The molecule has 55 heavy (non-hydrogen) atoms. The second kappa shape index (κ2) is 13.4. The largest absolute Gasteiger partial charge is 0.304 e. The molecular formula is C43H22F10N2. The summed E-state index contributed by atoms with van der Waals surface area (Å²) in [4.78, 5) is 1.84. The van der Waals surface area contributed by atoms with Crippen LogP contribution in [0.5, 0.6) is 0 Å². The fourth-order valence-corrected chi connectivity index (χ4v) is 6.96. The first-order valence-electron chi connectivity index (χ1n) is 16.5. The van der Waals surface area contributed by atoms with Crippen LogP contribution < -0.4 is 9.80 Å². The molecule has 0 saturated heterocycles. The van der Waals surface area contributed by atoms with Gasteiger partial charge >= 0.3 is 0 Å². The number of para-hydroxylation sites is 2. The van der Waals surface area contributed by atoms with Crippen LogP contribution in [0.25, 0.3) is 32.3 Å². The molecule has 12 heteroatoms. The van der Waals surface area contributed by atoms with Gasteiger partial charge in [-0.1, -0.05) is 78.4 Å². The van der Waals surface area contributed by atoms with E-state index in [2.05, 4.69) is 0 Å². The van der Waals surface area contributed by atoms with Crippen LogP contribution in [-0.4, -0.2) is 0 Å². The van der Waals surface area contributed by atoms with E-state index < -0.39 is 69.5 Å². The predicted molar refractivity (Wildman–Crippen MR) is 193 cm³/mol. The molecule has 0 unspecified atom stereocenters. The smallest absolute Gasteiger partial charge is 0.200 e. The molecule has 8 aromatic carbocycles. The number of halogens is 10. The summed E-state index contributed by atoms with van der Waals surface area (Å²) in [6.45, 7) is 1.71. The van der Waals surface area contributed by atoms with Crippen molar-refractivity contribution in [3.05, 3.63) is 179 Å². The first kappa shape index (κ1) is 35.5. The highest BCUT2D eigenvalue weighted by molar-refractivity contribution is 6.24. The lowest BCUT2D eigenvalue weighted by Gasteiger charge is -2.30. The molecular weight excluding hydrogens is 734 g/mol. The number of anilines is 6. The van der Waals surface area contributed by atoms with Crippen LogP contribution in [0.4, 0.5) is 78.0 Å². The lowest BCUT2D eigenvalue weighted by Crippen LogP contribution is -2.18. The first-order valence-corrected chi connectivity index (χ1v) is 16.5. The summed E-state index contributed by atoms with van der Waals surface area (Å²) in [5, 5.41) is 1.88. The van der Waals surface area contributed by atoms with Crippen LogP contribution in [0.1, 0.15) is 5.56 Å². The summed E-state index contributed by atoms with van der Waals surface area (Å²) in [5.41, 5.74) is -1.79. The third-order valence-electron chi connectivity index (χ3n) is 9.42. The Hall–Kier alpha value is -6.56. The van der Waals surface area contributed by atoms with Crippen molar-refractivity contribution in [1.29, 1.82) is 0 Å². The molecule has 0 bridgehead atoms. The summed E-state index contributed by atoms with van der Waals surface area (Å²) >= 11 is 0. The standard InChI is InChI=1S/C43H22F10N2/c1-21-16-17-25-28-19-30(54(22-10-4-2-5-11-22)42-38(50)34(46)32(44)35(47)39(42)51)26-15-9-8-14-24(26)27(28)20-31(29(25)18-21)55(23-12-6-3-7-13-23)43-40(52)36(48)33(45)37(49)41(43)53/h2-20H,1H3. The normalized spacial score (nSPS) is 11.5. The highest BCUT2D eigenvalue weighted by Gasteiger charge is 2.34. The maximum absolute atomic E-state index is 15.8. The van der Waals surface area contributed by atoms with Gasteiger partial charge in [-0.25, -0.2) is 43.9 Å². The molecule has 0 saturated carbocycles. The van der Waals surface area contributed by atoms with Gasteiger partial charge < -0.3 is 9.80 Å². The second-order valence-electron chi connectivity index (χ2n) is 12.7. The Balaban J connectivity index is 1.54. The molecule has 0 aromatic heterocycles. The number of benzene rings is 8. The van der Waals surface area contributed by atoms with E-state index in [9.17, 15) is 26.3 Å². The topological polar surface area (TPSA) is 6.48 Å². The molecule has 0 aliphatic carbocycles. The van der Waals surface area contributed by atoms with E-state index in [1.54, 1.807) is 61.5 Å². The van der Waals surface area contributed by atoms with Gasteiger partial charge in [0.05, 0.1) is 11.4 Å². The summed E-state index contributed by atoms with van der Waals surface area (Å²) in [5.74, 6) is -21.6. The third-order valence-corrected chi connectivity index (χ3v) is 9.42. The number of fused-ring (bicyclic) bond motifs is 5. The Labute approximate surface area is 305 Å². The van der Waals surface area contributed by atoms with Crippen molar-refractivity contribution in [3.63, 3.8) is 0 Å². The van der Waals surface area contributed by atoms with Crippen LogP contribution in [-0.2, 0) is 0 Å². The minimum atomic E-state index is -2.33. The van der Waals surface area contributed by atoms with E-state index in [1.165, 1.54) is 60.7 Å². The summed E-state index contributed by atoms with van der Waals surface area (Å²) in [6, 6.07) is 29.2. The molecule has 0 N–H and O–H groups in total. The third kappa shape index (κ3) is 5.50. The SMILES string of the molecule is Cc1ccc2c(c1)c(N(c1ccccc1)c1c(F)c(F)c(F)c(F)c1F)cc1c3ccccc3c(N(c3ccccc3)c3c(F)c(F)c(F)c(F)c3F)cc21. The minimum absolute atomic E-state index is 0.00167. The molecule has 0 heterocycles. The van der Waals surface area contributed by atoms with Gasteiger partial charge in [0.15, 0.2) is 46.5 Å². The minimum Gasteiger partial charge on any atom is -0.304 e. The number of hydrogen-bond donors (Lipinski definition) is 0. The van der Waals surface area contributed by atoms with Crippen molar-refractivity contribution in [3.8, 4) is 0 Å². The highest BCUT2D eigenvalue weighted by Crippen LogP contribution is 2.50. The monoisotopic (exact) mass is 756 g/mol. The Morgan fingerprint density at radius 1 is 0.309 bits per heavy atom. The lowest BCUT2D eigenvalue weighted by atomic mass is 9.92. The summed E-state index contributed by atoms with van der Waals surface area (Å²) < 4.78 is 151. The second-order valence-corrected chi connectivity index (χ2v) is 12.7. The van der Waals surface area contributed by atoms with Crippen LogP contribution in [0.2, 0.25) is 0 Å². The zero-order chi connectivity index (χ0) is 38.9. The van der Waals surface area contributed by atoms with Crippen molar-refractivity contribution in [2.75, 3.05) is 9.80 Å². The molecule has 0 spiro atoms. The molecule has 0 radical (unpaired) electrons. The summed E-state index contributed by atoms with van der Waals surface area (Å²) in [7, 11) is 0. The fraction of sp³-hybridized carbons (Fsp3) is 0.0233. The highest BCUT2D eigenvalue weighted by atomic mass is 19.2. The van der Waals surface area contributed by atoms with E-state index in [0.29, 0.717) is 27.1 Å². The quantitative estimate of drug-likeness (QED) is 0.0722. The van der Waals surface area contributed by atoms with Gasteiger partial charge in [-0.15, -0.1) is 0 Å². The Morgan fingerprint density at radius 3 is 1.09 bits per heavy atom. The van der Waals surface area contributed by atoms with E-state index in [4.69, 9.17) is 0 Å². The maximum atomic E-state index is 15.8. The molecule has 8 aromatic rings. The fourth-order valence-electron chi connectivity index (χ4n) is 6.96. The van der Waals surface area contributed by atoms with Crippen LogP contribution >= 0.6 is 0 Å². The zero-order valence-corrected chi connectivity index (χ0v) is 28.1. The van der Waals surface area contributed by atoms with Crippen molar-refractivity contribution in [2.45, 2.75) is 6.92 Å². The van der Waals surface area contributed by atoms with Gasteiger partial charge in [0, 0.05) is 22.1 Å². The van der Waals surface area contributed by atoms with Gasteiger partial charge in [0.1, 0.15) is 11.4 Å². The van der Waals surface area contributed by atoms with E-state index >= 15 is 17.6 Å². The number of rotatable bonds is 6. The van der Waals surface area contributed by atoms with Crippen molar-refractivity contribution in [2.24, 2.45) is 0 Å². The number of hydrogen-bond acceptors (Lipinski definition) is 2. The van der Waals surface area contributed by atoms with Gasteiger partial charge in [0.2, 0.25) is 11.6 Å².